The Morgan fingerprint density at radius 1 is 1.19 bits per heavy atom. The number of hydrogen-bond acceptors (Lipinski definition) is 3. The number of thiophene rings is 2. The maximum absolute atomic E-state index is 6.33. The van der Waals surface area contributed by atoms with E-state index in [2.05, 4.69) is 36.0 Å². The van der Waals surface area contributed by atoms with E-state index in [9.17, 15) is 0 Å². The predicted molar refractivity (Wildman–Crippen MR) is 74.0 cm³/mol. The topological polar surface area (TPSA) is 12.0 Å². The van der Waals surface area contributed by atoms with Crippen molar-refractivity contribution in [1.82, 2.24) is 5.32 Å². The van der Waals surface area contributed by atoms with Gasteiger partial charge in [-0.1, -0.05) is 11.6 Å². The van der Waals surface area contributed by atoms with Crippen LogP contribution in [0.15, 0.2) is 16.8 Å². The van der Waals surface area contributed by atoms with Gasteiger partial charge in [-0.05, 0) is 48.8 Å². The van der Waals surface area contributed by atoms with E-state index in [0.717, 1.165) is 10.6 Å². The molecule has 1 nitrogen and oxygen atoms in total. The van der Waals surface area contributed by atoms with Gasteiger partial charge < -0.3 is 5.32 Å². The lowest BCUT2D eigenvalue weighted by molar-refractivity contribution is 0.712. The Morgan fingerprint density at radius 3 is 2.38 bits per heavy atom. The van der Waals surface area contributed by atoms with Crippen molar-refractivity contribution in [3.63, 3.8) is 0 Å². The van der Waals surface area contributed by atoms with Crippen LogP contribution in [0, 0.1) is 13.8 Å². The molecule has 86 valence electrons. The van der Waals surface area contributed by atoms with Crippen molar-refractivity contribution in [3.8, 4) is 0 Å². The van der Waals surface area contributed by atoms with Crippen LogP contribution in [0.3, 0.4) is 0 Å². The predicted octanol–water partition coefficient (Wildman–Crippen LogP) is 4.39. The molecule has 2 aromatic rings. The van der Waals surface area contributed by atoms with Crippen molar-refractivity contribution in [3.05, 3.63) is 42.7 Å². The highest BCUT2D eigenvalue weighted by atomic mass is 35.5. The molecule has 0 aliphatic rings. The first-order chi connectivity index (χ1) is 7.65. The van der Waals surface area contributed by atoms with Crippen LogP contribution in [0.1, 0.15) is 26.9 Å². The monoisotopic (exact) mass is 271 g/mol. The molecule has 0 saturated heterocycles. The highest BCUT2D eigenvalue weighted by Crippen LogP contribution is 2.38. The first-order valence-corrected chi connectivity index (χ1v) is 7.23. The molecule has 0 fully saturated rings. The standard InChI is InChI=1S/C12H14ClNS2/c1-7-4-5-15-11(7)10(14-3)12-9(13)8(2)6-16-12/h4-6,10,14H,1-3H3. The second-order valence-corrected chi connectivity index (χ2v) is 6.02. The van der Waals surface area contributed by atoms with Gasteiger partial charge in [0.25, 0.3) is 0 Å². The summed E-state index contributed by atoms with van der Waals surface area (Å²) in [5.74, 6) is 0. The van der Waals surface area contributed by atoms with E-state index in [1.807, 2.05) is 7.05 Å². The molecular formula is C12H14ClNS2. The zero-order valence-electron chi connectivity index (χ0n) is 9.50. The van der Waals surface area contributed by atoms with Gasteiger partial charge in [-0.25, -0.2) is 0 Å². The molecule has 2 aromatic heterocycles. The Morgan fingerprint density at radius 2 is 1.94 bits per heavy atom. The second-order valence-electron chi connectivity index (χ2n) is 3.79. The van der Waals surface area contributed by atoms with Gasteiger partial charge >= 0.3 is 0 Å². The lowest BCUT2D eigenvalue weighted by Gasteiger charge is -2.15. The molecule has 0 radical (unpaired) electrons. The van der Waals surface area contributed by atoms with E-state index in [1.54, 1.807) is 22.7 Å². The van der Waals surface area contributed by atoms with Crippen molar-refractivity contribution in [2.45, 2.75) is 19.9 Å². The van der Waals surface area contributed by atoms with Gasteiger partial charge in [0.15, 0.2) is 0 Å². The lowest BCUT2D eigenvalue weighted by atomic mass is 10.1. The van der Waals surface area contributed by atoms with Crippen LogP contribution in [-0.4, -0.2) is 7.05 Å². The molecule has 0 saturated carbocycles. The average molecular weight is 272 g/mol. The number of rotatable bonds is 3. The van der Waals surface area contributed by atoms with E-state index in [1.165, 1.54) is 15.3 Å². The molecule has 4 heteroatoms. The van der Waals surface area contributed by atoms with Crippen LogP contribution in [-0.2, 0) is 0 Å². The molecule has 0 aromatic carbocycles. The van der Waals surface area contributed by atoms with Gasteiger partial charge in [0.05, 0.1) is 11.1 Å². The molecule has 16 heavy (non-hydrogen) atoms. The van der Waals surface area contributed by atoms with E-state index in [-0.39, 0.29) is 6.04 Å². The van der Waals surface area contributed by atoms with Gasteiger partial charge in [-0.2, -0.15) is 0 Å². The molecule has 0 amide bonds. The third kappa shape index (κ3) is 2.05. The molecule has 0 aliphatic heterocycles. The summed E-state index contributed by atoms with van der Waals surface area (Å²) in [6, 6.07) is 2.38. The molecule has 0 bridgehead atoms. The van der Waals surface area contributed by atoms with Gasteiger partial charge in [0.2, 0.25) is 0 Å². The summed E-state index contributed by atoms with van der Waals surface area (Å²) in [4.78, 5) is 2.57. The summed E-state index contributed by atoms with van der Waals surface area (Å²) in [5.41, 5.74) is 2.49. The van der Waals surface area contributed by atoms with Crippen LogP contribution in [0.2, 0.25) is 5.02 Å². The number of nitrogens with one attached hydrogen (secondary N) is 1. The van der Waals surface area contributed by atoms with Gasteiger partial charge in [-0.3, -0.25) is 0 Å². The van der Waals surface area contributed by atoms with Crippen LogP contribution >= 0.6 is 34.3 Å². The molecule has 1 atom stereocenters. The van der Waals surface area contributed by atoms with E-state index < -0.39 is 0 Å². The summed E-state index contributed by atoms with van der Waals surface area (Å²) >= 11 is 9.84. The fraction of sp³-hybridized carbons (Fsp3) is 0.333. The fourth-order valence-corrected chi connectivity index (χ4v) is 4.24. The summed E-state index contributed by atoms with van der Waals surface area (Å²) in [6.45, 7) is 4.20. The molecule has 1 unspecified atom stereocenters. The number of halogens is 1. The summed E-state index contributed by atoms with van der Waals surface area (Å²) in [7, 11) is 1.98. The highest BCUT2D eigenvalue weighted by molar-refractivity contribution is 7.12. The highest BCUT2D eigenvalue weighted by Gasteiger charge is 2.20. The Balaban J connectivity index is 2.45. The summed E-state index contributed by atoms with van der Waals surface area (Å²) in [6.07, 6.45) is 0. The van der Waals surface area contributed by atoms with Crippen molar-refractivity contribution in [1.29, 1.82) is 0 Å². The van der Waals surface area contributed by atoms with Crippen LogP contribution in [0.5, 0.6) is 0 Å². The molecule has 0 aliphatic carbocycles. The van der Waals surface area contributed by atoms with E-state index >= 15 is 0 Å². The first-order valence-electron chi connectivity index (χ1n) is 5.10. The fourth-order valence-electron chi connectivity index (χ4n) is 1.71. The van der Waals surface area contributed by atoms with Crippen LogP contribution < -0.4 is 5.32 Å². The van der Waals surface area contributed by atoms with Gasteiger partial charge in [0.1, 0.15) is 0 Å². The molecule has 2 rings (SSSR count). The molecular weight excluding hydrogens is 258 g/mol. The largest absolute Gasteiger partial charge is 0.308 e. The Kier molecular flexibility index (Phi) is 3.70. The Hall–Kier alpha value is -0.350. The van der Waals surface area contributed by atoms with Crippen molar-refractivity contribution in [2.24, 2.45) is 0 Å². The maximum Gasteiger partial charge on any atom is 0.0780 e. The van der Waals surface area contributed by atoms with Crippen molar-refractivity contribution >= 4 is 34.3 Å². The Bertz CT molecular complexity index is 487. The summed E-state index contributed by atoms with van der Waals surface area (Å²) in [5, 5.41) is 8.50. The normalized spacial score (nSPS) is 13.0. The van der Waals surface area contributed by atoms with Crippen molar-refractivity contribution in [2.75, 3.05) is 7.05 Å². The zero-order chi connectivity index (χ0) is 11.7. The lowest BCUT2D eigenvalue weighted by Crippen LogP contribution is -2.16. The quantitative estimate of drug-likeness (QED) is 0.873. The maximum atomic E-state index is 6.33. The van der Waals surface area contributed by atoms with E-state index in [0.29, 0.717) is 0 Å². The molecule has 2 heterocycles. The summed E-state index contributed by atoms with van der Waals surface area (Å²) < 4.78 is 0. The smallest absolute Gasteiger partial charge is 0.0780 e. The zero-order valence-corrected chi connectivity index (χ0v) is 11.9. The minimum absolute atomic E-state index is 0.228. The second kappa shape index (κ2) is 4.88. The number of aryl methyl sites for hydroxylation is 2. The SMILES string of the molecule is CNC(c1sccc1C)c1scc(C)c1Cl. The Labute approximate surface area is 109 Å². The average Bonchev–Trinajstić information content (AvgIpc) is 2.81. The van der Waals surface area contributed by atoms with Crippen LogP contribution in [0.25, 0.3) is 0 Å². The van der Waals surface area contributed by atoms with Crippen molar-refractivity contribution < 1.29 is 0 Å². The van der Waals surface area contributed by atoms with Gasteiger partial charge in [-0.15, -0.1) is 22.7 Å². The first kappa shape index (κ1) is 12.1. The minimum atomic E-state index is 0.228. The minimum Gasteiger partial charge on any atom is -0.308 e. The third-order valence-electron chi connectivity index (χ3n) is 2.64. The van der Waals surface area contributed by atoms with Gasteiger partial charge in [0, 0.05) is 9.75 Å². The number of hydrogen-bond donors (Lipinski definition) is 1. The molecule has 1 N–H and O–H groups in total. The molecule has 0 spiro atoms. The van der Waals surface area contributed by atoms with Crippen LogP contribution in [0.4, 0.5) is 0 Å². The third-order valence-corrected chi connectivity index (χ3v) is 5.50. The van der Waals surface area contributed by atoms with E-state index in [4.69, 9.17) is 11.6 Å².